The molecule has 0 saturated carbocycles. The third-order valence-electron chi connectivity index (χ3n) is 2.70. The molecule has 0 bridgehead atoms. The number of benzene rings is 1. The molecular formula is C14H23NSe. The molecule has 0 heterocycles. The molecule has 0 radical (unpaired) electrons. The van der Waals surface area contributed by atoms with Crippen LogP contribution in [0.15, 0.2) is 30.3 Å². The minimum absolute atomic E-state index is 0.394. The topological polar surface area (TPSA) is 26.0 Å². The molecule has 1 rings (SSSR count). The van der Waals surface area contributed by atoms with Gasteiger partial charge in [0.05, 0.1) is 0 Å². The molecule has 0 aliphatic carbocycles. The summed E-state index contributed by atoms with van der Waals surface area (Å²) in [5.41, 5.74) is 6.28. The number of hydrogen-bond acceptors (Lipinski definition) is 1. The van der Waals surface area contributed by atoms with Crippen LogP contribution < -0.4 is 10.2 Å². The van der Waals surface area contributed by atoms with Crippen molar-refractivity contribution in [3.63, 3.8) is 0 Å². The van der Waals surface area contributed by atoms with Gasteiger partial charge in [0.15, 0.2) is 0 Å². The molecule has 1 aromatic carbocycles. The first-order chi connectivity index (χ1) is 7.77. The standard InChI is InChI=1S/C14H23NSe/c1-3-8-13(15)14(9-4-2)16-12-10-6-5-7-11-12/h5-7,10-11,13-14H,3-4,8-9,15H2,1-2H3. The quantitative estimate of drug-likeness (QED) is 0.766. The molecule has 1 aromatic rings. The van der Waals surface area contributed by atoms with Crippen LogP contribution in [0.3, 0.4) is 0 Å². The summed E-state index contributed by atoms with van der Waals surface area (Å²) in [6.07, 6.45) is 4.89. The third-order valence-corrected chi connectivity index (χ3v) is 5.71. The maximum absolute atomic E-state index is 6.28. The molecule has 0 fully saturated rings. The molecule has 1 nitrogen and oxygen atoms in total. The van der Waals surface area contributed by atoms with Crippen molar-refractivity contribution >= 4 is 19.4 Å². The summed E-state index contributed by atoms with van der Waals surface area (Å²) in [7, 11) is 0. The van der Waals surface area contributed by atoms with Crippen molar-refractivity contribution in [2.45, 2.75) is 50.4 Å². The second kappa shape index (κ2) is 7.89. The molecule has 0 aliphatic rings. The summed E-state index contributed by atoms with van der Waals surface area (Å²) in [6.45, 7) is 4.48. The van der Waals surface area contributed by atoms with Crippen molar-refractivity contribution in [1.29, 1.82) is 0 Å². The molecule has 16 heavy (non-hydrogen) atoms. The average Bonchev–Trinajstić information content (AvgIpc) is 2.30. The van der Waals surface area contributed by atoms with Crippen LogP contribution in [0.4, 0.5) is 0 Å². The monoisotopic (exact) mass is 285 g/mol. The molecule has 0 spiro atoms. The molecule has 0 amide bonds. The molecule has 0 saturated heterocycles. The van der Waals surface area contributed by atoms with Crippen LogP contribution in [-0.2, 0) is 0 Å². The van der Waals surface area contributed by atoms with Gasteiger partial charge in [0, 0.05) is 0 Å². The Kier molecular flexibility index (Phi) is 6.79. The van der Waals surface area contributed by atoms with E-state index in [9.17, 15) is 0 Å². The van der Waals surface area contributed by atoms with Gasteiger partial charge in [0.1, 0.15) is 0 Å². The fourth-order valence-electron chi connectivity index (χ4n) is 1.84. The van der Waals surface area contributed by atoms with E-state index in [1.807, 2.05) is 0 Å². The summed E-state index contributed by atoms with van der Waals surface area (Å²) in [4.78, 5) is 0.708. The van der Waals surface area contributed by atoms with Gasteiger partial charge in [-0.25, -0.2) is 0 Å². The fourth-order valence-corrected chi connectivity index (χ4v) is 4.62. The predicted octanol–water partition coefficient (Wildman–Crippen LogP) is 2.73. The summed E-state index contributed by atoms with van der Waals surface area (Å²) in [5.74, 6) is 0. The predicted molar refractivity (Wildman–Crippen MR) is 73.4 cm³/mol. The molecule has 90 valence electrons. The Balaban J connectivity index is 2.57. The minimum atomic E-state index is 0.394. The summed E-state index contributed by atoms with van der Waals surface area (Å²) >= 11 is 0.534. The van der Waals surface area contributed by atoms with Gasteiger partial charge >= 0.3 is 106 Å². The van der Waals surface area contributed by atoms with Gasteiger partial charge in [0.25, 0.3) is 0 Å². The Labute approximate surface area is 106 Å². The van der Waals surface area contributed by atoms with Crippen molar-refractivity contribution < 1.29 is 0 Å². The molecule has 2 N–H and O–H groups in total. The zero-order valence-corrected chi connectivity index (χ0v) is 12.1. The fraction of sp³-hybridized carbons (Fsp3) is 0.571. The van der Waals surface area contributed by atoms with E-state index in [2.05, 4.69) is 44.2 Å². The first-order valence-electron chi connectivity index (χ1n) is 6.25. The number of rotatable bonds is 7. The van der Waals surface area contributed by atoms with Crippen molar-refractivity contribution in [2.75, 3.05) is 0 Å². The first-order valence-corrected chi connectivity index (χ1v) is 8.09. The zero-order chi connectivity index (χ0) is 11.8. The Morgan fingerprint density at radius 2 is 1.69 bits per heavy atom. The SMILES string of the molecule is CCCC(N)C(CCC)[Se]c1ccccc1. The van der Waals surface area contributed by atoms with Gasteiger partial charge in [-0.05, 0) is 0 Å². The van der Waals surface area contributed by atoms with E-state index in [0.717, 1.165) is 0 Å². The second-order valence-corrected chi connectivity index (χ2v) is 6.96. The van der Waals surface area contributed by atoms with Gasteiger partial charge in [-0.2, -0.15) is 0 Å². The van der Waals surface area contributed by atoms with Crippen molar-refractivity contribution in [1.82, 2.24) is 0 Å². The summed E-state index contributed by atoms with van der Waals surface area (Å²) in [6, 6.07) is 11.2. The Hall–Kier alpha value is -0.301. The van der Waals surface area contributed by atoms with Crippen molar-refractivity contribution in [2.24, 2.45) is 5.73 Å². The molecule has 2 heteroatoms. The third kappa shape index (κ3) is 4.69. The molecule has 0 aromatic heterocycles. The van der Waals surface area contributed by atoms with Crippen LogP contribution in [0, 0.1) is 0 Å². The summed E-state index contributed by atoms with van der Waals surface area (Å²) < 4.78 is 1.49. The second-order valence-electron chi connectivity index (χ2n) is 4.21. The van der Waals surface area contributed by atoms with E-state index in [0.29, 0.717) is 25.8 Å². The van der Waals surface area contributed by atoms with Crippen LogP contribution in [0.5, 0.6) is 0 Å². The van der Waals surface area contributed by atoms with Gasteiger partial charge < -0.3 is 0 Å². The Morgan fingerprint density at radius 1 is 1.06 bits per heavy atom. The van der Waals surface area contributed by atoms with Gasteiger partial charge in [0.2, 0.25) is 0 Å². The number of hydrogen-bond donors (Lipinski definition) is 1. The van der Waals surface area contributed by atoms with E-state index in [-0.39, 0.29) is 0 Å². The van der Waals surface area contributed by atoms with Crippen LogP contribution in [0.2, 0.25) is 4.82 Å². The van der Waals surface area contributed by atoms with E-state index >= 15 is 0 Å². The zero-order valence-electron chi connectivity index (χ0n) is 10.4. The van der Waals surface area contributed by atoms with Gasteiger partial charge in [-0.1, -0.05) is 0 Å². The molecule has 2 atom stereocenters. The van der Waals surface area contributed by atoms with Crippen LogP contribution in [-0.4, -0.2) is 21.0 Å². The Bertz CT molecular complexity index is 273. The molecular weight excluding hydrogens is 261 g/mol. The van der Waals surface area contributed by atoms with E-state index < -0.39 is 0 Å². The van der Waals surface area contributed by atoms with Crippen LogP contribution >= 0.6 is 0 Å². The average molecular weight is 284 g/mol. The first kappa shape index (κ1) is 13.8. The van der Waals surface area contributed by atoms with E-state index in [1.54, 1.807) is 0 Å². The van der Waals surface area contributed by atoms with Gasteiger partial charge in [-0.3, -0.25) is 0 Å². The maximum atomic E-state index is 6.28. The van der Waals surface area contributed by atoms with Gasteiger partial charge in [-0.15, -0.1) is 0 Å². The molecule has 0 aliphatic heterocycles. The van der Waals surface area contributed by atoms with E-state index in [4.69, 9.17) is 5.73 Å². The summed E-state index contributed by atoms with van der Waals surface area (Å²) in [5, 5.41) is 0. The normalized spacial score (nSPS) is 14.7. The number of nitrogens with two attached hydrogens (primary N) is 1. The van der Waals surface area contributed by atoms with Crippen LogP contribution in [0.1, 0.15) is 39.5 Å². The van der Waals surface area contributed by atoms with Crippen LogP contribution in [0.25, 0.3) is 0 Å². The van der Waals surface area contributed by atoms with E-state index in [1.165, 1.54) is 30.1 Å². The van der Waals surface area contributed by atoms with Crippen molar-refractivity contribution in [3.05, 3.63) is 30.3 Å². The molecule has 2 unspecified atom stereocenters. The van der Waals surface area contributed by atoms with Crippen molar-refractivity contribution in [3.8, 4) is 0 Å². The Morgan fingerprint density at radius 3 is 2.25 bits per heavy atom.